The van der Waals surface area contributed by atoms with Crippen LogP contribution >= 0.6 is 23.1 Å². The summed E-state index contributed by atoms with van der Waals surface area (Å²) in [6, 6.07) is 9.45. The Morgan fingerprint density at radius 1 is 1.03 bits per heavy atom. The molecule has 0 saturated carbocycles. The predicted molar refractivity (Wildman–Crippen MR) is 143 cm³/mol. The average Bonchev–Trinajstić information content (AvgIpc) is 3.43. The van der Waals surface area contributed by atoms with Crippen LogP contribution in [0.1, 0.15) is 12.5 Å². The minimum atomic E-state index is -4.63. The first kappa shape index (κ1) is 25.3. The number of fused-ring (bicyclic) bond motifs is 1. The summed E-state index contributed by atoms with van der Waals surface area (Å²) >= 11 is 2.69. The lowest BCUT2D eigenvalue weighted by Gasteiger charge is -2.16. The second kappa shape index (κ2) is 8.87. The third-order valence-corrected chi connectivity index (χ3v) is 9.59. The molecule has 0 unspecified atom stereocenters. The van der Waals surface area contributed by atoms with Crippen LogP contribution in [-0.4, -0.2) is 43.3 Å². The molecule has 0 aliphatic carbocycles. The smallest absolute Gasteiger partial charge is 0.283 e. The molecule has 0 saturated heterocycles. The van der Waals surface area contributed by atoms with Gasteiger partial charge < -0.3 is 18.8 Å². The van der Waals surface area contributed by atoms with E-state index in [-0.39, 0.29) is 16.0 Å². The maximum Gasteiger partial charge on any atom is 0.283 e. The van der Waals surface area contributed by atoms with Gasteiger partial charge in [-0.05, 0) is 49.7 Å². The standard InChI is InChI=1S/C24H22N4O6S3/c1-12-10-15(37(31,32)33)7-8-16(12)28-21(29)19(13(2)25-28)23-27(4)22(30)20(36-23)24-26(3)17-11-14(34-5)6-9-18(17)35-24/h6-11H,1-5H3,(H,31,32,33)/p-1. The van der Waals surface area contributed by atoms with Crippen molar-refractivity contribution in [1.82, 2.24) is 4.57 Å². The second-order valence-electron chi connectivity index (χ2n) is 8.48. The molecule has 0 bridgehead atoms. The summed E-state index contributed by atoms with van der Waals surface area (Å²) in [7, 11) is 0.456. The van der Waals surface area contributed by atoms with Crippen molar-refractivity contribution >= 4 is 66.8 Å². The SMILES string of the molecule is COc1ccc2c(c1)N(C)C(=c1sc(=C3C(=O)N(c4ccc(S(=O)(=O)[O-])cc4C)N=C3C)n(C)c1=O)S2. The van der Waals surface area contributed by atoms with Crippen LogP contribution in [0.2, 0.25) is 0 Å². The molecule has 5 rings (SSSR count). The number of hydrogen-bond acceptors (Lipinski definition) is 10. The van der Waals surface area contributed by atoms with Crippen molar-refractivity contribution in [3.05, 3.63) is 61.5 Å². The summed E-state index contributed by atoms with van der Waals surface area (Å²) in [4.78, 5) is 29.4. The van der Waals surface area contributed by atoms with Crippen LogP contribution in [-0.2, 0) is 22.0 Å². The van der Waals surface area contributed by atoms with E-state index >= 15 is 0 Å². The molecule has 0 atom stereocenters. The van der Waals surface area contributed by atoms with Crippen LogP contribution in [0, 0.1) is 6.92 Å². The number of carbonyl (C=O) groups is 1. The molecule has 2 aliphatic heterocycles. The number of thioether (sulfide) groups is 1. The van der Waals surface area contributed by atoms with Gasteiger partial charge in [-0.25, -0.2) is 8.42 Å². The van der Waals surface area contributed by atoms with E-state index in [2.05, 4.69) is 5.10 Å². The average molecular weight is 558 g/mol. The molecule has 1 amide bonds. The number of benzene rings is 2. The van der Waals surface area contributed by atoms with Gasteiger partial charge in [-0.2, -0.15) is 10.1 Å². The van der Waals surface area contributed by atoms with Gasteiger partial charge in [0.25, 0.3) is 11.5 Å². The Balaban J connectivity index is 1.63. The summed E-state index contributed by atoms with van der Waals surface area (Å²) in [5.74, 6) is 0.259. The van der Waals surface area contributed by atoms with Crippen LogP contribution in [0.25, 0.3) is 10.6 Å². The van der Waals surface area contributed by atoms with E-state index in [9.17, 15) is 22.6 Å². The van der Waals surface area contributed by atoms with E-state index in [0.717, 1.165) is 26.7 Å². The van der Waals surface area contributed by atoms with Gasteiger partial charge in [0.15, 0.2) is 0 Å². The highest BCUT2D eigenvalue weighted by Gasteiger charge is 2.33. The van der Waals surface area contributed by atoms with Crippen molar-refractivity contribution in [3.63, 3.8) is 0 Å². The van der Waals surface area contributed by atoms with Crippen molar-refractivity contribution in [1.29, 1.82) is 0 Å². The number of aromatic nitrogens is 1. The molecular formula is C24H21N4O6S3-. The van der Waals surface area contributed by atoms with Crippen LogP contribution in [0.15, 0.2) is 56.1 Å². The number of thiazole rings is 1. The van der Waals surface area contributed by atoms with Gasteiger partial charge in [-0.1, -0.05) is 11.8 Å². The van der Waals surface area contributed by atoms with E-state index < -0.39 is 16.0 Å². The van der Waals surface area contributed by atoms with Crippen molar-refractivity contribution in [2.75, 3.05) is 24.1 Å². The largest absolute Gasteiger partial charge is 0.744 e. The van der Waals surface area contributed by atoms with Gasteiger partial charge >= 0.3 is 0 Å². The van der Waals surface area contributed by atoms with Crippen LogP contribution in [0.3, 0.4) is 0 Å². The highest BCUT2D eigenvalue weighted by molar-refractivity contribution is 8.08. The Bertz CT molecular complexity index is 1820. The lowest BCUT2D eigenvalue weighted by atomic mass is 10.1. The van der Waals surface area contributed by atoms with Gasteiger partial charge in [0.05, 0.1) is 34.7 Å². The van der Waals surface area contributed by atoms with Crippen LogP contribution in [0.4, 0.5) is 11.4 Å². The molecule has 3 heterocycles. The van der Waals surface area contributed by atoms with Crippen molar-refractivity contribution in [2.45, 2.75) is 23.6 Å². The zero-order valence-electron chi connectivity index (χ0n) is 20.4. The fourth-order valence-corrected chi connectivity index (χ4v) is 7.26. The summed E-state index contributed by atoms with van der Waals surface area (Å²) in [6.45, 7) is 3.27. The number of nitrogens with zero attached hydrogens (tertiary/aromatic N) is 4. The van der Waals surface area contributed by atoms with E-state index in [1.807, 2.05) is 30.1 Å². The number of ether oxygens (including phenoxy) is 1. The fourth-order valence-electron chi connectivity index (χ4n) is 4.20. The van der Waals surface area contributed by atoms with Gasteiger partial charge in [0.1, 0.15) is 30.1 Å². The van der Waals surface area contributed by atoms with Gasteiger partial charge in [-0.3, -0.25) is 9.59 Å². The number of rotatable bonds is 3. The van der Waals surface area contributed by atoms with E-state index in [4.69, 9.17) is 4.74 Å². The van der Waals surface area contributed by atoms with Crippen LogP contribution < -0.4 is 29.4 Å². The molecule has 13 heteroatoms. The molecule has 1 aromatic heterocycles. The molecule has 37 heavy (non-hydrogen) atoms. The van der Waals surface area contributed by atoms with E-state index in [1.54, 1.807) is 28.0 Å². The number of hydrogen-bond donors (Lipinski definition) is 0. The maximum absolute atomic E-state index is 13.5. The summed E-state index contributed by atoms with van der Waals surface area (Å²) in [6.07, 6.45) is 0. The first-order valence-electron chi connectivity index (χ1n) is 10.9. The summed E-state index contributed by atoms with van der Waals surface area (Å²) in [5.41, 5.74) is 2.13. The van der Waals surface area contributed by atoms with Crippen molar-refractivity contribution in [2.24, 2.45) is 12.1 Å². The first-order valence-corrected chi connectivity index (χ1v) is 14.0. The predicted octanol–water partition coefficient (Wildman–Crippen LogP) is 1.55. The third kappa shape index (κ3) is 4.07. The molecule has 3 aromatic rings. The summed E-state index contributed by atoms with van der Waals surface area (Å²) in [5, 5.41) is 6.30. The normalized spacial score (nSPS) is 18.4. The van der Waals surface area contributed by atoms with E-state index in [0.29, 0.717) is 31.9 Å². The second-order valence-corrected chi connectivity index (χ2v) is 11.9. The minimum absolute atomic E-state index is 0.234. The zero-order valence-corrected chi connectivity index (χ0v) is 22.9. The molecule has 0 spiro atoms. The molecule has 192 valence electrons. The van der Waals surface area contributed by atoms with Crippen molar-refractivity contribution < 1.29 is 22.5 Å². The fraction of sp³-hybridized carbons (Fsp3) is 0.208. The zero-order chi connectivity index (χ0) is 26.8. The number of amides is 1. The van der Waals surface area contributed by atoms with Gasteiger partial charge in [0.2, 0.25) is 0 Å². The molecule has 0 N–H and O–H groups in total. The Hall–Kier alpha value is -3.39. The lowest BCUT2D eigenvalue weighted by Crippen LogP contribution is -2.33. The van der Waals surface area contributed by atoms with E-state index in [1.165, 1.54) is 39.8 Å². The Morgan fingerprint density at radius 2 is 1.76 bits per heavy atom. The molecule has 2 aromatic carbocycles. The number of anilines is 2. The number of carbonyl (C=O) groups excluding carboxylic acids is 1. The highest BCUT2D eigenvalue weighted by atomic mass is 32.2. The van der Waals surface area contributed by atoms with Crippen LogP contribution in [0.5, 0.6) is 5.75 Å². The topological polar surface area (TPSA) is 124 Å². The maximum atomic E-state index is 13.5. The number of aryl methyl sites for hydroxylation is 1. The number of hydrazone groups is 1. The molecule has 0 fully saturated rings. The molecule has 10 nitrogen and oxygen atoms in total. The van der Waals surface area contributed by atoms with Gasteiger partial charge in [-0.15, -0.1) is 11.3 Å². The number of methoxy groups -OCH3 is 1. The molecule has 2 aliphatic rings. The van der Waals surface area contributed by atoms with Crippen molar-refractivity contribution in [3.8, 4) is 5.75 Å². The third-order valence-electron chi connectivity index (χ3n) is 6.15. The quantitative estimate of drug-likeness (QED) is 0.445. The lowest BCUT2D eigenvalue weighted by molar-refractivity contribution is -0.112. The Labute approximate surface area is 220 Å². The Morgan fingerprint density at radius 3 is 2.41 bits per heavy atom. The molecular weight excluding hydrogens is 536 g/mol. The monoisotopic (exact) mass is 557 g/mol. The summed E-state index contributed by atoms with van der Waals surface area (Å²) < 4.78 is 41.8. The first-order chi connectivity index (χ1) is 17.4. The van der Waals surface area contributed by atoms with Gasteiger partial charge in [0, 0.05) is 25.1 Å². The Kier molecular flexibility index (Phi) is 6.06. The highest BCUT2D eigenvalue weighted by Crippen LogP contribution is 2.46. The molecule has 0 radical (unpaired) electrons. The minimum Gasteiger partial charge on any atom is -0.744 e.